The fourth-order valence-electron chi connectivity index (χ4n) is 3.63. The number of nitrogens with zero attached hydrogens (tertiary/aromatic N) is 4. The minimum Gasteiger partial charge on any atom is -0.465 e. The molecule has 1 aliphatic rings. The highest BCUT2D eigenvalue weighted by Crippen LogP contribution is 2.37. The number of ether oxygens (including phenoxy) is 3. The Kier molecular flexibility index (Phi) is 5.43. The number of amides is 1. The molecular weight excluding hydrogens is 444 g/mol. The van der Waals surface area contributed by atoms with E-state index in [0.29, 0.717) is 33.1 Å². The number of esters is 1. The summed E-state index contributed by atoms with van der Waals surface area (Å²) >= 11 is 1.29. The number of fused-ring (bicyclic) bond motifs is 2. The van der Waals surface area contributed by atoms with Crippen LogP contribution in [0.15, 0.2) is 53.7 Å². The molecule has 1 aliphatic heterocycles. The number of hydrogen-bond acceptors (Lipinski definition) is 7. The molecule has 10 heteroatoms. The van der Waals surface area contributed by atoms with E-state index in [-0.39, 0.29) is 19.9 Å². The first-order chi connectivity index (χ1) is 16.0. The van der Waals surface area contributed by atoms with Crippen molar-refractivity contribution in [2.24, 2.45) is 4.99 Å². The monoisotopic (exact) mass is 464 g/mol. The van der Waals surface area contributed by atoms with Crippen LogP contribution in [0.25, 0.3) is 15.9 Å². The van der Waals surface area contributed by atoms with Gasteiger partial charge in [-0.2, -0.15) is 10.1 Å². The van der Waals surface area contributed by atoms with E-state index in [1.54, 1.807) is 22.2 Å². The van der Waals surface area contributed by atoms with Gasteiger partial charge in [-0.15, -0.1) is 0 Å². The molecule has 0 aliphatic carbocycles. The SMILES string of the molecule is CCOC(=O)Cn1c(=NC(=O)c2cnn(-c3ccccc3)c2C)sc2cc3c(cc21)OCO3. The molecule has 0 saturated carbocycles. The fourth-order valence-corrected chi connectivity index (χ4v) is 4.67. The van der Waals surface area contributed by atoms with Gasteiger partial charge in [0.05, 0.1) is 40.0 Å². The van der Waals surface area contributed by atoms with Gasteiger partial charge in [0.25, 0.3) is 5.91 Å². The molecule has 5 rings (SSSR count). The van der Waals surface area contributed by atoms with Crippen LogP contribution in [0, 0.1) is 6.92 Å². The summed E-state index contributed by atoms with van der Waals surface area (Å²) in [5.41, 5.74) is 2.62. The summed E-state index contributed by atoms with van der Waals surface area (Å²) in [4.78, 5) is 30.1. The third kappa shape index (κ3) is 3.89. The van der Waals surface area contributed by atoms with Crippen molar-refractivity contribution in [3.05, 3.63) is 64.7 Å². The molecule has 2 aromatic carbocycles. The number of aromatic nitrogens is 3. The second kappa shape index (κ2) is 8.55. The molecule has 0 spiro atoms. The van der Waals surface area contributed by atoms with Crippen LogP contribution in [0.2, 0.25) is 0 Å². The minimum atomic E-state index is -0.445. The Hall–Kier alpha value is -3.92. The number of thiazole rings is 1. The van der Waals surface area contributed by atoms with E-state index in [1.165, 1.54) is 17.5 Å². The number of rotatable bonds is 5. The molecule has 1 amide bonds. The van der Waals surface area contributed by atoms with Crippen LogP contribution in [-0.4, -0.2) is 39.6 Å². The highest BCUT2D eigenvalue weighted by atomic mass is 32.1. The molecule has 0 unspecified atom stereocenters. The zero-order valence-corrected chi connectivity index (χ0v) is 18.8. The second-order valence-corrected chi connectivity index (χ2v) is 8.27. The van der Waals surface area contributed by atoms with E-state index in [9.17, 15) is 9.59 Å². The average molecular weight is 465 g/mol. The lowest BCUT2D eigenvalue weighted by molar-refractivity contribution is -0.143. The zero-order chi connectivity index (χ0) is 22.9. The van der Waals surface area contributed by atoms with Crippen molar-refractivity contribution in [1.82, 2.24) is 14.3 Å². The maximum atomic E-state index is 13.1. The van der Waals surface area contributed by atoms with E-state index in [1.807, 2.05) is 43.3 Å². The van der Waals surface area contributed by atoms with Gasteiger partial charge in [-0.3, -0.25) is 9.59 Å². The first-order valence-corrected chi connectivity index (χ1v) is 11.1. The Morgan fingerprint density at radius 1 is 1.18 bits per heavy atom. The van der Waals surface area contributed by atoms with Crippen LogP contribution in [0.4, 0.5) is 0 Å². The van der Waals surface area contributed by atoms with Crippen LogP contribution in [0.3, 0.4) is 0 Å². The van der Waals surface area contributed by atoms with Crippen LogP contribution in [0.1, 0.15) is 23.0 Å². The second-order valence-electron chi connectivity index (χ2n) is 7.26. The van der Waals surface area contributed by atoms with Crippen molar-refractivity contribution >= 4 is 33.4 Å². The lowest BCUT2D eigenvalue weighted by Crippen LogP contribution is -2.23. The predicted octanol–water partition coefficient (Wildman–Crippen LogP) is 3.23. The van der Waals surface area contributed by atoms with Gasteiger partial charge in [-0.25, -0.2) is 4.68 Å². The van der Waals surface area contributed by atoms with Crippen LogP contribution in [0.5, 0.6) is 11.5 Å². The first kappa shape index (κ1) is 21.0. The summed E-state index contributed by atoms with van der Waals surface area (Å²) in [6.07, 6.45) is 1.51. The number of para-hydroxylation sites is 1. The molecule has 33 heavy (non-hydrogen) atoms. The number of carbonyl (C=O) groups is 2. The number of benzene rings is 2. The summed E-state index contributed by atoms with van der Waals surface area (Å²) in [5, 5.41) is 4.35. The Labute approximate surface area is 192 Å². The summed E-state index contributed by atoms with van der Waals surface area (Å²) in [7, 11) is 0. The minimum absolute atomic E-state index is 0.0815. The van der Waals surface area contributed by atoms with Gasteiger partial charge in [0.1, 0.15) is 6.54 Å². The normalized spacial score (nSPS) is 13.0. The first-order valence-electron chi connectivity index (χ1n) is 10.3. The van der Waals surface area contributed by atoms with Crippen LogP contribution < -0.4 is 14.3 Å². The molecular formula is C23H20N4O5S. The van der Waals surface area contributed by atoms with Gasteiger partial charge in [-0.05, 0) is 26.0 Å². The average Bonchev–Trinajstić information content (AvgIpc) is 3.50. The Bertz CT molecular complexity index is 1430. The molecule has 0 atom stereocenters. The number of carbonyl (C=O) groups excluding carboxylic acids is 2. The highest BCUT2D eigenvalue weighted by Gasteiger charge is 2.20. The molecule has 0 saturated heterocycles. The Balaban J connectivity index is 1.59. The van der Waals surface area contributed by atoms with Crippen molar-refractivity contribution in [3.63, 3.8) is 0 Å². The van der Waals surface area contributed by atoms with Gasteiger partial charge in [0.2, 0.25) is 6.79 Å². The summed E-state index contributed by atoms with van der Waals surface area (Å²) in [6, 6.07) is 13.2. The van der Waals surface area contributed by atoms with E-state index in [0.717, 1.165) is 10.4 Å². The van der Waals surface area contributed by atoms with Crippen molar-refractivity contribution in [2.75, 3.05) is 13.4 Å². The quantitative estimate of drug-likeness (QED) is 0.421. The Morgan fingerprint density at radius 3 is 2.70 bits per heavy atom. The van der Waals surface area contributed by atoms with Gasteiger partial charge in [0.15, 0.2) is 16.3 Å². The molecule has 0 N–H and O–H groups in total. The maximum Gasteiger partial charge on any atom is 0.326 e. The lowest BCUT2D eigenvalue weighted by atomic mass is 10.2. The highest BCUT2D eigenvalue weighted by molar-refractivity contribution is 7.16. The van der Waals surface area contributed by atoms with Crippen LogP contribution in [-0.2, 0) is 16.1 Å². The van der Waals surface area contributed by atoms with Gasteiger partial charge >= 0.3 is 5.97 Å². The number of hydrogen-bond donors (Lipinski definition) is 0. The zero-order valence-electron chi connectivity index (χ0n) is 18.0. The van der Waals surface area contributed by atoms with Crippen LogP contribution >= 0.6 is 11.3 Å². The predicted molar refractivity (Wildman–Crippen MR) is 121 cm³/mol. The van der Waals surface area contributed by atoms with E-state index in [2.05, 4.69) is 10.1 Å². The standard InChI is InChI=1S/C23H20N4O5S/c1-3-30-21(28)12-26-17-9-18-19(32-13-31-18)10-20(17)33-23(26)25-22(29)16-11-24-27(14(16)2)15-7-5-4-6-8-15/h4-11H,3,12-13H2,1-2H3. The molecule has 3 heterocycles. The Morgan fingerprint density at radius 2 is 1.94 bits per heavy atom. The molecule has 4 aromatic rings. The third-order valence-electron chi connectivity index (χ3n) is 5.21. The van der Waals surface area contributed by atoms with Gasteiger partial charge < -0.3 is 18.8 Å². The molecule has 2 aromatic heterocycles. The summed E-state index contributed by atoms with van der Waals surface area (Å²) in [6.45, 7) is 3.89. The molecule has 0 bridgehead atoms. The maximum absolute atomic E-state index is 13.1. The smallest absolute Gasteiger partial charge is 0.326 e. The summed E-state index contributed by atoms with van der Waals surface area (Å²) < 4.78 is 20.2. The molecule has 0 fully saturated rings. The molecule has 0 radical (unpaired) electrons. The molecule has 9 nitrogen and oxygen atoms in total. The topological polar surface area (TPSA) is 96.9 Å². The van der Waals surface area contributed by atoms with E-state index >= 15 is 0 Å². The lowest BCUT2D eigenvalue weighted by Gasteiger charge is -2.06. The van der Waals surface area contributed by atoms with Gasteiger partial charge in [-0.1, -0.05) is 29.5 Å². The van der Waals surface area contributed by atoms with E-state index in [4.69, 9.17) is 14.2 Å². The fraction of sp³-hybridized carbons (Fsp3) is 0.217. The largest absolute Gasteiger partial charge is 0.465 e. The van der Waals surface area contributed by atoms with E-state index < -0.39 is 11.9 Å². The third-order valence-corrected chi connectivity index (χ3v) is 6.25. The molecule has 168 valence electrons. The summed E-state index contributed by atoms with van der Waals surface area (Å²) in [5.74, 6) is 0.330. The van der Waals surface area contributed by atoms with Gasteiger partial charge in [0, 0.05) is 12.1 Å². The van der Waals surface area contributed by atoms with Crippen molar-refractivity contribution in [2.45, 2.75) is 20.4 Å². The van der Waals surface area contributed by atoms with Crippen molar-refractivity contribution in [1.29, 1.82) is 0 Å². The van der Waals surface area contributed by atoms with Crippen molar-refractivity contribution in [3.8, 4) is 17.2 Å². The van der Waals surface area contributed by atoms with Crippen molar-refractivity contribution < 1.29 is 23.8 Å².